The summed E-state index contributed by atoms with van der Waals surface area (Å²) in [6.45, 7) is 1.68. The van der Waals surface area contributed by atoms with Gasteiger partial charge in [-0.2, -0.15) is 5.10 Å². The van der Waals surface area contributed by atoms with Crippen molar-refractivity contribution in [3.05, 3.63) is 105 Å². The summed E-state index contributed by atoms with van der Waals surface area (Å²) < 4.78 is 0. The van der Waals surface area contributed by atoms with Crippen molar-refractivity contribution in [2.75, 3.05) is 5.32 Å². The van der Waals surface area contributed by atoms with Crippen LogP contribution in [-0.2, 0) is 0 Å². The van der Waals surface area contributed by atoms with Crippen molar-refractivity contribution in [1.29, 1.82) is 0 Å². The van der Waals surface area contributed by atoms with E-state index in [1.54, 1.807) is 55.5 Å². The molecule has 3 aromatic rings. The van der Waals surface area contributed by atoms with Crippen molar-refractivity contribution >= 4 is 40.5 Å². The van der Waals surface area contributed by atoms with Gasteiger partial charge in [0, 0.05) is 22.3 Å². The summed E-state index contributed by atoms with van der Waals surface area (Å²) in [6, 6.07) is 19.0. The van der Waals surface area contributed by atoms with E-state index in [1.165, 1.54) is 24.3 Å². The van der Waals surface area contributed by atoms with Gasteiger partial charge in [-0.25, -0.2) is 5.43 Å². The number of hydrogen-bond acceptors (Lipinski definition) is 5. The molecule has 2 amide bonds. The zero-order valence-electron chi connectivity index (χ0n) is 16.3. The van der Waals surface area contributed by atoms with Crippen molar-refractivity contribution in [1.82, 2.24) is 5.43 Å². The van der Waals surface area contributed by atoms with Crippen molar-refractivity contribution in [2.24, 2.45) is 5.10 Å². The van der Waals surface area contributed by atoms with Crippen LogP contribution in [0.4, 0.5) is 11.4 Å². The lowest BCUT2D eigenvalue weighted by molar-refractivity contribution is -0.385. The number of rotatable bonds is 6. The first kappa shape index (κ1) is 21.7. The van der Waals surface area contributed by atoms with Gasteiger partial charge in [0.05, 0.1) is 10.6 Å². The molecule has 31 heavy (non-hydrogen) atoms. The molecule has 156 valence electrons. The number of carbonyl (C=O) groups is 2. The van der Waals surface area contributed by atoms with Gasteiger partial charge >= 0.3 is 0 Å². The minimum atomic E-state index is -0.682. The quantitative estimate of drug-likeness (QED) is 0.332. The molecule has 0 saturated carbocycles. The van der Waals surface area contributed by atoms with Crippen LogP contribution in [0.5, 0.6) is 0 Å². The van der Waals surface area contributed by atoms with Gasteiger partial charge in [0.25, 0.3) is 17.5 Å². The second kappa shape index (κ2) is 9.64. The van der Waals surface area contributed by atoms with Gasteiger partial charge in [0.1, 0.15) is 5.56 Å². The summed E-state index contributed by atoms with van der Waals surface area (Å²) in [5, 5.41) is 18.4. The zero-order valence-corrected chi connectivity index (χ0v) is 17.1. The Bertz CT molecular complexity index is 1160. The SMILES string of the molecule is C/C(=N\NC(=O)c1ccccc1[N+](=O)[O-])c1ccc(NC(=O)c2ccc(Cl)cc2)cc1. The number of amides is 2. The average Bonchev–Trinajstić information content (AvgIpc) is 2.78. The largest absolute Gasteiger partial charge is 0.322 e. The fraction of sp³-hybridized carbons (Fsp3) is 0.0455. The zero-order chi connectivity index (χ0) is 22.4. The fourth-order valence-electron chi connectivity index (χ4n) is 2.68. The van der Waals surface area contributed by atoms with E-state index in [9.17, 15) is 19.7 Å². The minimum Gasteiger partial charge on any atom is -0.322 e. The maximum absolute atomic E-state index is 12.3. The number of hydrogen-bond donors (Lipinski definition) is 2. The monoisotopic (exact) mass is 436 g/mol. The van der Waals surface area contributed by atoms with Gasteiger partial charge in [-0.05, 0) is 55.0 Å². The number of hydrazone groups is 1. The molecule has 8 nitrogen and oxygen atoms in total. The van der Waals surface area contributed by atoms with E-state index in [1.807, 2.05) is 0 Å². The highest BCUT2D eigenvalue weighted by atomic mass is 35.5. The standard InChI is InChI=1S/C22H17ClN4O4/c1-14(25-26-22(29)19-4-2-3-5-20(19)27(30)31)15-8-12-18(13-9-15)24-21(28)16-6-10-17(23)11-7-16/h2-13H,1H3,(H,24,28)(H,26,29)/b25-14+. The lowest BCUT2D eigenvalue weighted by Gasteiger charge is -2.07. The third-order valence-electron chi connectivity index (χ3n) is 4.34. The third kappa shape index (κ3) is 5.52. The molecule has 3 aromatic carbocycles. The Labute approximate surface area is 182 Å². The van der Waals surface area contributed by atoms with Gasteiger partial charge in [-0.3, -0.25) is 19.7 Å². The highest BCUT2D eigenvalue weighted by molar-refractivity contribution is 6.30. The van der Waals surface area contributed by atoms with E-state index in [0.717, 1.165) is 0 Å². The molecule has 0 heterocycles. The third-order valence-corrected chi connectivity index (χ3v) is 4.59. The highest BCUT2D eigenvalue weighted by Crippen LogP contribution is 2.18. The Morgan fingerprint density at radius 2 is 1.52 bits per heavy atom. The van der Waals surface area contributed by atoms with Crippen LogP contribution in [0.25, 0.3) is 0 Å². The lowest BCUT2D eigenvalue weighted by Crippen LogP contribution is -2.20. The van der Waals surface area contributed by atoms with Crippen LogP contribution < -0.4 is 10.7 Å². The Hall–Kier alpha value is -4.04. The van der Waals surface area contributed by atoms with Crippen LogP contribution in [0.1, 0.15) is 33.2 Å². The van der Waals surface area contributed by atoms with E-state index in [-0.39, 0.29) is 17.2 Å². The summed E-state index contributed by atoms with van der Waals surface area (Å²) >= 11 is 5.83. The molecule has 3 rings (SSSR count). The summed E-state index contributed by atoms with van der Waals surface area (Å²) in [5.41, 5.74) is 4.20. The van der Waals surface area contributed by atoms with Gasteiger partial charge < -0.3 is 5.32 Å². The summed E-state index contributed by atoms with van der Waals surface area (Å²) in [4.78, 5) is 34.9. The molecular formula is C22H17ClN4O4. The predicted molar refractivity (Wildman–Crippen MR) is 119 cm³/mol. The normalized spacial score (nSPS) is 11.0. The Morgan fingerprint density at radius 3 is 2.16 bits per heavy atom. The number of nitrogens with zero attached hydrogens (tertiary/aromatic N) is 2. The molecule has 0 spiro atoms. The lowest BCUT2D eigenvalue weighted by atomic mass is 10.1. The van der Waals surface area contributed by atoms with Crippen molar-refractivity contribution in [2.45, 2.75) is 6.92 Å². The number of nitro benzene ring substituents is 1. The predicted octanol–water partition coefficient (Wildman–Crippen LogP) is 4.65. The van der Waals surface area contributed by atoms with Gasteiger partial charge in [-0.1, -0.05) is 35.9 Å². The highest BCUT2D eigenvalue weighted by Gasteiger charge is 2.18. The first-order valence-corrected chi connectivity index (χ1v) is 9.48. The maximum atomic E-state index is 12.3. The van der Waals surface area contributed by atoms with Crippen LogP contribution in [0.2, 0.25) is 5.02 Å². The number of benzene rings is 3. The minimum absolute atomic E-state index is 0.0793. The molecule has 0 aliphatic heterocycles. The second-order valence-electron chi connectivity index (χ2n) is 6.45. The van der Waals surface area contributed by atoms with Crippen LogP contribution in [-0.4, -0.2) is 22.4 Å². The fourth-order valence-corrected chi connectivity index (χ4v) is 2.81. The Morgan fingerprint density at radius 1 is 0.903 bits per heavy atom. The number of anilines is 1. The van der Waals surface area contributed by atoms with Gasteiger partial charge in [-0.15, -0.1) is 0 Å². The summed E-state index contributed by atoms with van der Waals surface area (Å²) in [5.74, 6) is -0.954. The molecule has 9 heteroatoms. The molecule has 0 aliphatic rings. The Balaban J connectivity index is 1.66. The molecular weight excluding hydrogens is 420 g/mol. The average molecular weight is 437 g/mol. The van der Waals surface area contributed by atoms with Crippen LogP contribution in [0, 0.1) is 10.1 Å². The molecule has 0 radical (unpaired) electrons. The topological polar surface area (TPSA) is 114 Å². The van der Waals surface area contributed by atoms with Crippen molar-refractivity contribution in [3.63, 3.8) is 0 Å². The molecule has 0 saturated heterocycles. The van der Waals surface area contributed by atoms with Crippen LogP contribution >= 0.6 is 11.6 Å². The smallest absolute Gasteiger partial charge is 0.282 e. The van der Waals surface area contributed by atoms with E-state index in [4.69, 9.17) is 11.6 Å². The van der Waals surface area contributed by atoms with Gasteiger partial charge in [0.15, 0.2) is 0 Å². The van der Waals surface area contributed by atoms with E-state index >= 15 is 0 Å². The molecule has 0 fully saturated rings. The molecule has 0 bridgehead atoms. The van der Waals surface area contributed by atoms with Crippen molar-refractivity contribution < 1.29 is 14.5 Å². The molecule has 2 N–H and O–H groups in total. The maximum Gasteiger partial charge on any atom is 0.282 e. The number of nitrogens with one attached hydrogen (secondary N) is 2. The number of carbonyl (C=O) groups excluding carboxylic acids is 2. The van der Waals surface area contributed by atoms with Gasteiger partial charge in [0.2, 0.25) is 0 Å². The van der Waals surface area contributed by atoms with E-state index in [0.29, 0.717) is 27.5 Å². The second-order valence-corrected chi connectivity index (χ2v) is 6.89. The number of halogens is 1. The molecule has 0 atom stereocenters. The summed E-state index contributed by atoms with van der Waals surface area (Å²) in [6.07, 6.45) is 0. The number of nitro groups is 1. The Kier molecular flexibility index (Phi) is 6.74. The first-order chi connectivity index (χ1) is 14.8. The van der Waals surface area contributed by atoms with E-state index in [2.05, 4.69) is 15.8 Å². The van der Waals surface area contributed by atoms with Crippen LogP contribution in [0.3, 0.4) is 0 Å². The summed E-state index contributed by atoms with van der Waals surface area (Å²) in [7, 11) is 0. The molecule has 0 unspecified atom stereocenters. The van der Waals surface area contributed by atoms with Crippen LogP contribution in [0.15, 0.2) is 77.9 Å². The van der Waals surface area contributed by atoms with Crippen molar-refractivity contribution in [3.8, 4) is 0 Å². The first-order valence-electron chi connectivity index (χ1n) is 9.10. The molecule has 0 aliphatic carbocycles. The molecule has 0 aromatic heterocycles. The van der Waals surface area contributed by atoms with E-state index < -0.39 is 10.8 Å². The number of para-hydroxylation sites is 1.